The minimum Gasteiger partial charge on any atom is -0.491 e. The fourth-order valence-electron chi connectivity index (χ4n) is 2.88. The Hall–Kier alpha value is -2.56. The highest BCUT2D eigenvalue weighted by Crippen LogP contribution is 2.14. The zero-order valence-corrected chi connectivity index (χ0v) is 15.0. The predicted octanol–water partition coefficient (Wildman–Crippen LogP) is 4.03. The SMILES string of the molecule is Cc1ccc(CN(Cc2ccccc2)CC(O)COc2ccccc2)o1. The lowest BCUT2D eigenvalue weighted by Crippen LogP contribution is -2.35. The summed E-state index contributed by atoms with van der Waals surface area (Å²) in [7, 11) is 0. The number of ether oxygens (including phenoxy) is 1. The third-order valence-electron chi connectivity index (χ3n) is 4.08. The third kappa shape index (κ3) is 5.76. The largest absolute Gasteiger partial charge is 0.491 e. The Labute approximate surface area is 154 Å². The molecule has 0 spiro atoms. The average Bonchev–Trinajstić information content (AvgIpc) is 3.06. The summed E-state index contributed by atoms with van der Waals surface area (Å²) < 4.78 is 11.4. The molecule has 0 saturated carbocycles. The first-order valence-corrected chi connectivity index (χ1v) is 8.86. The molecule has 3 rings (SSSR count). The molecule has 4 heteroatoms. The topological polar surface area (TPSA) is 45.8 Å². The van der Waals surface area contributed by atoms with Crippen molar-refractivity contribution in [2.75, 3.05) is 13.2 Å². The predicted molar refractivity (Wildman–Crippen MR) is 102 cm³/mol. The smallest absolute Gasteiger partial charge is 0.119 e. The second-order valence-corrected chi connectivity index (χ2v) is 6.45. The van der Waals surface area contributed by atoms with Crippen molar-refractivity contribution in [3.8, 4) is 5.75 Å². The van der Waals surface area contributed by atoms with Gasteiger partial charge < -0.3 is 14.3 Å². The number of aliphatic hydroxyl groups is 1. The van der Waals surface area contributed by atoms with Crippen LogP contribution in [0.2, 0.25) is 0 Å². The summed E-state index contributed by atoms with van der Waals surface area (Å²) in [5.74, 6) is 2.56. The minimum absolute atomic E-state index is 0.256. The van der Waals surface area contributed by atoms with Gasteiger partial charge in [-0.1, -0.05) is 48.5 Å². The summed E-state index contributed by atoms with van der Waals surface area (Å²) in [5.41, 5.74) is 1.20. The van der Waals surface area contributed by atoms with Gasteiger partial charge in [-0.05, 0) is 36.8 Å². The Bertz CT molecular complexity index is 770. The fraction of sp³-hybridized carbons (Fsp3) is 0.273. The monoisotopic (exact) mass is 351 g/mol. The van der Waals surface area contributed by atoms with Crippen LogP contribution in [-0.2, 0) is 13.1 Å². The van der Waals surface area contributed by atoms with E-state index in [0.717, 1.165) is 23.8 Å². The Balaban J connectivity index is 1.60. The molecule has 2 aromatic carbocycles. The molecule has 26 heavy (non-hydrogen) atoms. The fourth-order valence-corrected chi connectivity index (χ4v) is 2.88. The van der Waals surface area contributed by atoms with Gasteiger partial charge in [-0.25, -0.2) is 0 Å². The van der Waals surface area contributed by atoms with E-state index in [4.69, 9.17) is 9.15 Å². The van der Waals surface area contributed by atoms with Crippen LogP contribution in [0.3, 0.4) is 0 Å². The molecule has 0 aliphatic carbocycles. The number of rotatable bonds is 9. The van der Waals surface area contributed by atoms with Crippen molar-refractivity contribution >= 4 is 0 Å². The van der Waals surface area contributed by atoms with Gasteiger partial charge in [-0.3, -0.25) is 4.90 Å². The summed E-state index contributed by atoms with van der Waals surface area (Å²) >= 11 is 0. The van der Waals surface area contributed by atoms with E-state index in [2.05, 4.69) is 17.0 Å². The van der Waals surface area contributed by atoms with Gasteiger partial charge in [0.05, 0.1) is 6.54 Å². The number of aliphatic hydroxyl groups excluding tert-OH is 1. The van der Waals surface area contributed by atoms with E-state index in [0.29, 0.717) is 13.1 Å². The first-order chi connectivity index (χ1) is 12.7. The Morgan fingerprint density at radius 1 is 0.923 bits per heavy atom. The lowest BCUT2D eigenvalue weighted by molar-refractivity contribution is 0.0604. The lowest BCUT2D eigenvalue weighted by Gasteiger charge is -2.24. The molecule has 1 N–H and O–H groups in total. The van der Waals surface area contributed by atoms with Gasteiger partial charge in [0.25, 0.3) is 0 Å². The Morgan fingerprint density at radius 3 is 2.27 bits per heavy atom. The van der Waals surface area contributed by atoms with E-state index in [1.165, 1.54) is 5.56 Å². The summed E-state index contributed by atoms with van der Waals surface area (Å²) in [6.45, 7) is 4.08. The molecule has 0 aliphatic rings. The molecule has 3 aromatic rings. The van der Waals surface area contributed by atoms with E-state index in [1.54, 1.807) is 0 Å². The van der Waals surface area contributed by atoms with E-state index in [-0.39, 0.29) is 6.61 Å². The molecule has 1 atom stereocenters. The zero-order chi connectivity index (χ0) is 18.2. The summed E-state index contributed by atoms with van der Waals surface area (Å²) in [6, 6.07) is 23.7. The highest BCUT2D eigenvalue weighted by molar-refractivity contribution is 5.21. The number of aryl methyl sites for hydroxylation is 1. The maximum atomic E-state index is 10.4. The molecular weight excluding hydrogens is 326 g/mol. The van der Waals surface area contributed by atoms with E-state index >= 15 is 0 Å². The Kier molecular flexibility index (Phi) is 6.47. The molecule has 0 radical (unpaired) electrons. The minimum atomic E-state index is -0.588. The summed E-state index contributed by atoms with van der Waals surface area (Å²) in [5, 5.41) is 10.4. The zero-order valence-electron chi connectivity index (χ0n) is 15.0. The first-order valence-electron chi connectivity index (χ1n) is 8.86. The number of nitrogens with zero attached hydrogens (tertiary/aromatic N) is 1. The molecular formula is C22H25NO3. The summed E-state index contributed by atoms with van der Waals surface area (Å²) in [4.78, 5) is 2.17. The van der Waals surface area contributed by atoms with Crippen molar-refractivity contribution in [3.05, 3.63) is 89.9 Å². The standard InChI is InChI=1S/C22H25NO3/c1-18-12-13-22(26-18)16-23(14-19-8-4-2-5-9-19)15-20(24)17-25-21-10-6-3-7-11-21/h2-13,20,24H,14-17H2,1H3. The maximum absolute atomic E-state index is 10.4. The van der Waals surface area contributed by atoms with Crippen molar-refractivity contribution < 1.29 is 14.3 Å². The van der Waals surface area contributed by atoms with Crippen molar-refractivity contribution in [1.29, 1.82) is 0 Å². The third-order valence-corrected chi connectivity index (χ3v) is 4.08. The molecule has 1 unspecified atom stereocenters. The van der Waals surface area contributed by atoms with Crippen LogP contribution < -0.4 is 4.74 Å². The van der Waals surface area contributed by atoms with Crippen molar-refractivity contribution in [2.24, 2.45) is 0 Å². The van der Waals surface area contributed by atoms with Crippen LogP contribution in [-0.4, -0.2) is 29.3 Å². The first kappa shape index (κ1) is 18.2. The van der Waals surface area contributed by atoms with Gasteiger partial charge in [-0.15, -0.1) is 0 Å². The molecule has 0 bridgehead atoms. The molecule has 1 aromatic heterocycles. The molecule has 0 aliphatic heterocycles. The van der Waals surface area contributed by atoms with E-state index in [9.17, 15) is 5.11 Å². The lowest BCUT2D eigenvalue weighted by atomic mass is 10.2. The molecule has 0 fully saturated rings. The van der Waals surface area contributed by atoms with Crippen LogP contribution in [0.1, 0.15) is 17.1 Å². The highest BCUT2D eigenvalue weighted by Gasteiger charge is 2.15. The van der Waals surface area contributed by atoms with Crippen molar-refractivity contribution in [2.45, 2.75) is 26.1 Å². The van der Waals surface area contributed by atoms with Crippen molar-refractivity contribution in [1.82, 2.24) is 4.90 Å². The molecule has 0 amide bonds. The summed E-state index contributed by atoms with van der Waals surface area (Å²) in [6.07, 6.45) is -0.588. The van der Waals surface area contributed by atoms with Gasteiger partial charge in [0.1, 0.15) is 30.0 Å². The number of furan rings is 1. The Morgan fingerprint density at radius 2 is 1.62 bits per heavy atom. The molecule has 4 nitrogen and oxygen atoms in total. The van der Waals surface area contributed by atoms with Crippen LogP contribution in [0.5, 0.6) is 5.75 Å². The number of para-hydroxylation sites is 1. The van der Waals surface area contributed by atoms with E-state index < -0.39 is 6.10 Å². The van der Waals surface area contributed by atoms with Gasteiger partial charge >= 0.3 is 0 Å². The second kappa shape index (κ2) is 9.22. The molecule has 1 heterocycles. The van der Waals surface area contributed by atoms with Crippen LogP contribution in [0.15, 0.2) is 77.2 Å². The second-order valence-electron chi connectivity index (χ2n) is 6.45. The molecule has 136 valence electrons. The quantitative estimate of drug-likeness (QED) is 0.632. The van der Waals surface area contributed by atoms with Crippen LogP contribution in [0.25, 0.3) is 0 Å². The van der Waals surface area contributed by atoms with Gasteiger partial charge in [0, 0.05) is 13.1 Å². The van der Waals surface area contributed by atoms with Crippen molar-refractivity contribution in [3.63, 3.8) is 0 Å². The van der Waals surface area contributed by atoms with Crippen LogP contribution in [0.4, 0.5) is 0 Å². The number of hydrogen-bond donors (Lipinski definition) is 1. The molecule has 0 saturated heterocycles. The van der Waals surface area contributed by atoms with Gasteiger partial charge in [-0.2, -0.15) is 0 Å². The van der Waals surface area contributed by atoms with Gasteiger partial charge in [0.15, 0.2) is 0 Å². The maximum Gasteiger partial charge on any atom is 0.119 e. The van der Waals surface area contributed by atoms with Gasteiger partial charge in [0.2, 0.25) is 0 Å². The van der Waals surface area contributed by atoms with Crippen LogP contribution in [0, 0.1) is 6.92 Å². The average molecular weight is 351 g/mol. The van der Waals surface area contributed by atoms with Crippen LogP contribution >= 0.6 is 0 Å². The highest BCUT2D eigenvalue weighted by atomic mass is 16.5. The number of hydrogen-bond acceptors (Lipinski definition) is 4. The number of benzene rings is 2. The normalized spacial score (nSPS) is 12.3. The van der Waals surface area contributed by atoms with E-state index in [1.807, 2.05) is 67.6 Å².